The number of hydrogen-bond acceptors (Lipinski definition) is 2. The number of H-pyrrole nitrogens is 1. The van der Waals surface area contributed by atoms with Crippen LogP contribution in [-0.2, 0) is 0 Å². The smallest absolute Gasteiger partial charge is 0.128 e. The van der Waals surface area contributed by atoms with Gasteiger partial charge in [0.25, 0.3) is 0 Å². The van der Waals surface area contributed by atoms with E-state index in [1.54, 1.807) is 17.1 Å². The molecule has 0 amide bonds. The molecule has 1 aliphatic rings. The first-order valence-electron chi connectivity index (χ1n) is 12.3. The maximum absolute atomic E-state index is 14.8. The monoisotopic (exact) mass is 492 g/mol. The van der Waals surface area contributed by atoms with Crippen molar-refractivity contribution in [2.24, 2.45) is 5.41 Å². The van der Waals surface area contributed by atoms with Crippen LogP contribution in [-0.4, -0.2) is 27.9 Å². The van der Waals surface area contributed by atoms with Crippen molar-refractivity contribution in [3.8, 4) is 35.5 Å². The summed E-state index contributed by atoms with van der Waals surface area (Å²) in [4.78, 5) is 2.94. The van der Waals surface area contributed by atoms with Crippen molar-refractivity contribution in [1.82, 2.24) is 20.1 Å². The van der Waals surface area contributed by atoms with Gasteiger partial charge in [-0.1, -0.05) is 23.7 Å². The first-order chi connectivity index (χ1) is 18.0. The predicted octanol–water partition coefficient (Wildman–Crippen LogP) is 5.42. The van der Waals surface area contributed by atoms with Crippen LogP contribution in [0.15, 0.2) is 61.1 Å². The minimum absolute atomic E-state index is 0.0464. The first-order valence-corrected chi connectivity index (χ1v) is 12.3. The highest BCUT2D eigenvalue weighted by atomic mass is 19.1. The van der Waals surface area contributed by atoms with Crippen molar-refractivity contribution in [2.75, 3.05) is 13.1 Å². The second-order valence-corrected chi connectivity index (χ2v) is 9.51. The summed E-state index contributed by atoms with van der Waals surface area (Å²) in [6.45, 7) is 4.10. The van der Waals surface area contributed by atoms with Crippen molar-refractivity contribution in [3.05, 3.63) is 89.4 Å². The van der Waals surface area contributed by atoms with Crippen LogP contribution in [0.1, 0.15) is 48.9 Å². The van der Waals surface area contributed by atoms with Gasteiger partial charge in [-0.25, -0.2) is 8.78 Å². The van der Waals surface area contributed by atoms with Gasteiger partial charge >= 0.3 is 0 Å². The summed E-state index contributed by atoms with van der Waals surface area (Å²) < 4.78 is 30.5. The number of benzene rings is 2. The highest BCUT2D eigenvalue weighted by Gasteiger charge is 2.24. The number of nitrogens with zero attached hydrogens (tertiary/aromatic N) is 2. The molecule has 3 heterocycles. The molecule has 4 aromatic rings. The summed E-state index contributed by atoms with van der Waals surface area (Å²) in [6.07, 6.45) is 7.80. The quantitative estimate of drug-likeness (QED) is 0.375. The molecule has 0 bridgehead atoms. The molecule has 1 saturated heterocycles. The van der Waals surface area contributed by atoms with Gasteiger partial charge in [0.2, 0.25) is 0 Å². The van der Waals surface area contributed by atoms with Crippen LogP contribution in [0.2, 0.25) is 0 Å². The van der Waals surface area contributed by atoms with Gasteiger partial charge in [-0.15, -0.1) is 0 Å². The topological polar surface area (TPSA) is 45.6 Å². The summed E-state index contributed by atoms with van der Waals surface area (Å²) in [5, 5.41) is 9.02. The van der Waals surface area contributed by atoms with E-state index < -0.39 is 17.7 Å². The molecule has 6 heteroatoms. The average Bonchev–Trinajstić information content (AvgIpc) is 3.57. The number of fused-ring (bicyclic) bond motifs is 1. The van der Waals surface area contributed by atoms with Crippen molar-refractivity contribution in [1.29, 1.82) is 0 Å². The summed E-state index contributed by atoms with van der Waals surface area (Å²) in [7, 11) is 0. The van der Waals surface area contributed by atoms with Gasteiger partial charge < -0.3 is 10.3 Å². The zero-order valence-electron chi connectivity index (χ0n) is 20.5. The van der Waals surface area contributed by atoms with Gasteiger partial charge in [0.05, 0.1) is 11.6 Å². The van der Waals surface area contributed by atoms with E-state index >= 15 is 0 Å². The molecule has 0 aliphatic carbocycles. The van der Waals surface area contributed by atoms with Gasteiger partial charge in [0, 0.05) is 59.0 Å². The van der Waals surface area contributed by atoms with Crippen LogP contribution >= 0.6 is 0 Å². The molecule has 37 heavy (non-hydrogen) atoms. The zero-order valence-corrected chi connectivity index (χ0v) is 20.5. The van der Waals surface area contributed by atoms with Crippen molar-refractivity contribution < 1.29 is 8.78 Å². The zero-order chi connectivity index (χ0) is 25.7. The maximum Gasteiger partial charge on any atom is 0.128 e. The molecule has 2 aromatic heterocycles. The molecule has 2 aromatic carbocycles. The van der Waals surface area contributed by atoms with Gasteiger partial charge in [0.15, 0.2) is 0 Å². The number of aromatic nitrogens is 3. The van der Waals surface area contributed by atoms with Gasteiger partial charge in [-0.3, -0.25) is 4.68 Å². The molecule has 5 rings (SSSR count). The number of aromatic amines is 1. The Labute approximate surface area is 215 Å². The van der Waals surface area contributed by atoms with Crippen LogP contribution in [0.5, 0.6) is 0 Å². The Morgan fingerprint density at radius 1 is 1.08 bits per heavy atom. The first kappa shape index (κ1) is 24.4. The minimum atomic E-state index is -0.619. The third kappa shape index (κ3) is 5.92. The summed E-state index contributed by atoms with van der Waals surface area (Å²) in [5.41, 5.74) is 2.58. The Balaban J connectivity index is 1.45. The van der Waals surface area contributed by atoms with Crippen LogP contribution in [0.4, 0.5) is 8.78 Å². The molecule has 2 atom stereocenters. The second kappa shape index (κ2) is 10.8. The lowest BCUT2D eigenvalue weighted by atomic mass is 9.83. The molecule has 4 nitrogen and oxygen atoms in total. The van der Waals surface area contributed by atoms with Crippen LogP contribution in [0.3, 0.4) is 0 Å². The standard InChI is InChI=1S/C31H26F2N4/c1-31(14-5-16-35-22-31)15-12-23-8-9-25-21-37(36-29(25)18-23)30(27-19-26(32)10-11-28(27)33)7-4-2-3-6-24-13-17-34-20-24/h8-11,13,17-21,30,34-35H,5,7,14,16,22H2,1H3. The lowest BCUT2D eigenvalue weighted by Gasteiger charge is -2.28. The fourth-order valence-electron chi connectivity index (χ4n) is 4.47. The van der Waals surface area contributed by atoms with E-state index in [0.29, 0.717) is 0 Å². The Morgan fingerprint density at radius 3 is 2.81 bits per heavy atom. The van der Waals surface area contributed by atoms with Crippen LogP contribution < -0.4 is 5.32 Å². The van der Waals surface area contributed by atoms with Crippen molar-refractivity contribution >= 4 is 10.9 Å². The van der Waals surface area contributed by atoms with E-state index in [-0.39, 0.29) is 17.4 Å². The molecule has 0 saturated carbocycles. The minimum Gasteiger partial charge on any atom is -0.367 e. The number of piperidine rings is 1. The van der Waals surface area contributed by atoms with Gasteiger partial charge in [-0.05, 0) is 80.6 Å². The molecule has 0 spiro atoms. The van der Waals surface area contributed by atoms with Gasteiger partial charge in [-0.2, -0.15) is 5.10 Å². The fraction of sp³-hybridized carbons (Fsp3) is 0.258. The molecular weight excluding hydrogens is 466 g/mol. The number of nitrogens with one attached hydrogen (secondary N) is 2. The SMILES string of the molecule is CC1(C#Cc2ccc3cn(C(CC#CC#Cc4cc[nH]c4)c4cc(F)ccc4F)nc3c2)CCCNC1. The number of hydrogen-bond donors (Lipinski definition) is 2. The van der Waals surface area contributed by atoms with Crippen molar-refractivity contribution in [2.45, 2.75) is 32.2 Å². The van der Waals surface area contributed by atoms with Crippen molar-refractivity contribution in [3.63, 3.8) is 0 Å². The lowest BCUT2D eigenvalue weighted by molar-refractivity contribution is 0.320. The highest BCUT2D eigenvalue weighted by molar-refractivity contribution is 5.79. The predicted molar refractivity (Wildman–Crippen MR) is 141 cm³/mol. The van der Waals surface area contributed by atoms with Crippen LogP contribution in [0, 0.1) is 52.6 Å². The molecule has 184 valence electrons. The third-order valence-electron chi connectivity index (χ3n) is 6.52. The van der Waals surface area contributed by atoms with E-state index in [1.165, 1.54) is 6.07 Å². The van der Waals surface area contributed by atoms with Gasteiger partial charge in [0.1, 0.15) is 11.6 Å². The largest absolute Gasteiger partial charge is 0.367 e. The molecule has 2 N–H and O–H groups in total. The highest BCUT2D eigenvalue weighted by Crippen LogP contribution is 2.28. The normalized spacial score (nSPS) is 17.6. The molecule has 0 radical (unpaired) electrons. The third-order valence-corrected chi connectivity index (χ3v) is 6.52. The number of rotatable bonds is 3. The van der Waals surface area contributed by atoms with E-state index in [9.17, 15) is 8.78 Å². The molecule has 1 fully saturated rings. The second-order valence-electron chi connectivity index (χ2n) is 9.51. The van der Waals surface area contributed by atoms with E-state index in [0.717, 1.165) is 60.1 Å². The molecule has 2 unspecified atom stereocenters. The Bertz CT molecular complexity index is 1590. The summed E-state index contributed by atoms with van der Waals surface area (Å²) in [6, 6.07) is 10.5. The lowest BCUT2D eigenvalue weighted by Crippen LogP contribution is -2.36. The number of halogens is 2. The van der Waals surface area contributed by atoms with E-state index in [4.69, 9.17) is 5.10 Å². The molecule has 1 aliphatic heterocycles. The van der Waals surface area contributed by atoms with Crippen LogP contribution in [0.25, 0.3) is 10.9 Å². The summed E-state index contributed by atoms with van der Waals surface area (Å²) >= 11 is 0. The Morgan fingerprint density at radius 2 is 2.00 bits per heavy atom. The fourth-order valence-corrected chi connectivity index (χ4v) is 4.47. The van der Waals surface area contributed by atoms with E-state index in [2.05, 4.69) is 52.7 Å². The Kier molecular flexibility index (Phi) is 7.09. The average molecular weight is 493 g/mol. The summed E-state index contributed by atoms with van der Waals surface area (Å²) in [5.74, 6) is 17.3. The van der Waals surface area contributed by atoms with E-state index in [1.807, 2.05) is 30.5 Å². The maximum atomic E-state index is 14.8. The Hall–Kier alpha value is -4.31. The molecular formula is C31H26F2N4.